The molecule has 1 aliphatic heterocycles. The Morgan fingerprint density at radius 1 is 1.09 bits per heavy atom. The number of hydrogen-bond acceptors (Lipinski definition) is 6. The molecule has 2 heterocycles. The number of benzene rings is 1. The molecule has 0 radical (unpaired) electrons. The Morgan fingerprint density at radius 2 is 1.83 bits per heavy atom. The van der Waals surface area contributed by atoms with Gasteiger partial charge in [0, 0.05) is 17.8 Å². The van der Waals surface area contributed by atoms with Gasteiger partial charge in [0.25, 0.3) is 0 Å². The summed E-state index contributed by atoms with van der Waals surface area (Å²) in [5.41, 5.74) is 3.46. The number of methoxy groups -OCH3 is 2. The highest BCUT2D eigenvalue weighted by Gasteiger charge is 2.12. The molecule has 6 heteroatoms. The molecule has 2 N–H and O–H groups in total. The summed E-state index contributed by atoms with van der Waals surface area (Å²) in [6, 6.07) is 9.80. The normalized spacial score (nSPS) is 14.1. The molecule has 0 aliphatic carbocycles. The van der Waals surface area contributed by atoms with Gasteiger partial charge >= 0.3 is 0 Å². The molecule has 0 amide bonds. The van der Waals surface area contributed by atoms with Gasteiger partial charge < -0.3 is 20.1 Å². The second-order valence-electron chi connectivity index (χ2n) is 5.13. The van der Waals surface area contributed by atoms with Gasteiger partial charge in [-0.3, -0.25) is 0 Å². The first-order valence-corrected chi connectivity index (χ1v) is 7.53. The zero-order valence-electron chi connectivity index (χ0n) is 13.3. The summed E-state index contributed by atoms with van der Waals surface area (Å²) in [5, 5.41) is 6.61. The summed E-state index contributed by atoms with van der Waals surface area (Å²) in [7, 11) is 3.14. The van der Waals surface area contributed by atoms with Crippen molar-refractivity contribution in [1.29, 1.82) is 0 Å². The second-order valence-corrected chi connectivity index (χ2v) is 5.13. The lowest BCUT2D eigenvalue weighted by Gasteiger charge is -2.18. The van der Waals surface area contributed by atoms with Crippen molar-refractivity contribution in [2.24, 2.45) is 0 Å². The van der Waals surface area contributed by atoms with E-state index >= 15 is 0 Å². The van der Waals surface area contributed by atoms with Gasteiger partial charge in [0.2, 0.25) is 17.7 Å². The highest BCUT2D eigenvalue weighted by molar-refractivity contribution is 5.78. The minimum absolute atomic E-state index is 0.447. The largest absolute Gasteiger partial charge is 0.481 e. The van der Waals surface area contributed by atoms with Crippen LogP contribution in [0, 0.1) is 0 Å². The smallest absolute Gasteiger partial charge is 0.233 e. The maximum atomic E-state index is 5.19. The van der Waals surface area contributed by atoms with Gasteiger partial charge in [-0.05, 0) is 24.6 Å². The van der Waals surface area contributed by atoms with Crippen LogP contribution >= 0.6 is 0 Å². The van der Waals surface area contributed by atoms with Gasteiger partial charge in [-0.1, -0.05) is 24.3 Å². The van der Waals surface area contributed by atoms with E-state index < -0.39 is 0 Å². The van der Waals surface area contributed by atoms with Crippen molar-refractivity contribution in [3.8, 4) is 11.8 Å². The van der Waals surface area contributed by atoms with Crippen LogP contribution in [0.5, 0.6) is 11.8 Å². The first-order valence-electron chi connectivity index (χ1n) is 7.53. The van der Waals surface area contributed by atoms with Gasteiger partial charge in [-0.25, -0.2) is 0 Å². The fourth-order valence-corrected chi connectivity index (χ4v) is 2.53. The molecule has 6 nitrogen and oxygen atoms in total. The summed E-state index contributed by atoms with van der Waals surface area (Å²) in [6.45, 7) is 1.89. The number of nitrogens with zero attached hydrogens (tertiary/aromatic N) is 2. The number of hydrogen-bond donors (Lipinski definition) is 2. The Balaban J connectivity index is 1.93. The van der Waals surface area contributed by atoms with E-state index in [0.29, 0.717) is 17.7 Å². The number of nitrogens with one attached hydrogen (secondary N) is 2. The monoisotopic (exact) mass is 312 g/mol. The topological polar surface area (TPSA) is 68.3 Å². The number of para-hydroxylation sites is 1. The van der Waals surface area contributed by atoms with E-state index in [1.54, 1.807) is 20.3 Å². The lowest BCUT2D eigenvalue weighted by Crippen LogP contribution is -2.20. The predicted molar refractivity (Wildman–Crippen MR) is 90.3 cm³/mol. The number of ether oxygens (including phenoxy) is 2. The summed E-state index contributed by atoms with van der Waals surface area (Å²) in [5.74, 6) is 1.36. The summed E-state index contributed by atoms with van der Waals surface area (Å²) < 4.78 is 10.4. The Kier molecular flexibility index (Phi) is 4.73. The predicted octanol–water partition coefficient (Wildman–Crippen LogP) is 2.61. The fourth-order valence-electron chi connectivity index (χ4n) is 2.53. The van der Waals surface area contributed by atoms with Crippen LogP contribution in [0.4, 0.5) is 11.6 Å². The summed E-state index contributed by atoms with van der Waals surface area (Å²) in [4.78, 5) is 8.65. The van der Waals surface area contributed by atoms with Crippen LogP contribution in [0.3, 0.4) is 0 Å². The molecular formula is C17H20N4O2. The minimum atomic E-state index is 0.447. The Morgan fingerprint density at radius 3 is 2.48 bits per heavy atom. The third-order valence-electron chi connectivity index (χ3n) is 3.68. The minimum Gasteiger partial charge on any atom is -0.481 e. The van der Waals surface area contributed by atoms with Crippen LogP contribution in [0.15, 0.2) is 36.4 Å². The van der Waals surface area contributed by atoms with E-state index in [0.717, 1.165) is 25.2 Å². The molecular weight excluding hydrogens is 292 g/mol. The lowest BCUT2D eigenvalue weighted by molar-refractivity contribution is 0.373. The van der Waals surface area contributed by atoms with Crippen LogP contribution < -0.4 is 20.1 Å². The molecule has 0 saturated heterocycles. The third-order valence-corrected chi connectivity index (χ3v) is 3.68. The van der Waals surface area contributed by atoms with Crippen molar-refractivity contribution in [2.45, 2.75) is 6.42 Å². The highest BCUT2D eigenvalue weighted by Crippen LogP contribution is 2.29. The van der Waals surface area contributed by atoms with Gasteiger partial charge in [-0.15, -0.1) is 0 Å². The van der Waals surface area contributed by atoms with Gasteiger partial charge in [0.05, 0.1) is 20.3 Å². The summed E-state index contributed by atoms with van der Waals surface area (Å²) >= 11 is 0. The maximum Gasteiger partial charge on any atom is 0.233 e. The van der Waals surface area contributed by atoms with Crippen LogP contribution in [0.2, 0.25) is 0 Å². The highest BCUT2D eigenvalue weighted by atomic mass is 16.5. The average molecular weight is 312 g/mol. The molecule has 1 aromatic heterocycles. The Hall–Kier alpha value is -2.60. The molecule has 120 valence electrons. The van der Waals surface area contributed by atoms with Crippen LogP contribution in [-0.4, -0.2) is 37.3 Å². The first-order chi connectivity index (χ1) is 11.3. The van der Waals surface area contributed by atoms with E-state index in [-0.39, 0.29) is 0 Å². The second kappa shape index (κ2) is 7.11. The zero-order valence-corrected chi connectivity index (χ0v) is 13.3. The van der Waals surface area contributed by atoms with Gasteiger partial charge in [0.1, 0.15) is 0 Å². The van der Waals surface area contributed by atoms with E-state index in [9.17, 15) is 0 Å². The summed E-state index contributed by atoms with van der Waals surface area (Å²) in [6.07, 6.45) is 3.22. The number of anilines is 2. The molecule has 0 saturated carbocycles. The molecule has 1 aliphatic rings. The molecule has 2 aromatic rings. The van der Waals surface area contributed by atoms with Crippen molar-refractivity contribution in [2.75, 3.05) is 32.6 Å². The Bertz CT molecular complexity index is 693. The number of rotatable bonds is 5. The average Bonchev–Trinajstić information content (AvgIpc) is 2.62. The molecule has 0 spiro atoms. The van der Waals surface area contributed by atoms with Crippen molar-refractivity contribution >= 4 is 17.2 Å². The third kappa shape index (κ3) is 3.60. The van der Waals surface area contributed by atoms with Crippen LogP contribution in [0.25, 0.3) is 5.57 Å². The molecule has 0 atom stereocenters. The molecule has 3 rings (SSSR count). The Labute approximate surface area is 135 Å². The van der Waals surface area contributed by atoms with E-state index in [1.807, 2.05) is 18.2 Å². The molecule has 23 heavy (non-hydrogen) atoms. The number of aromatic nitrogens is 2. The first kappa shape index (κ1) is 15.3. The maximum absolute atomic E-state index is 5.19. The van der Waals surface area contributed by atoms with Crippen molar-refractivity contribution in [3.05, 3.63) is 42.0 Å². The molecule has 0 unspecified atom stereocenters. The lowest BCUT2D eigenvalue weighted by atomic mass is 9.98. The SMILES string of the molecule is COc1cc(OC)nc(Nc2ccccc2C2=CCNCC2)n1. The van der Waals surface area contributed by atoms with Gasteiger partial charge in [0.15, 0.2) is 0 Å². The molecule has 0 bridgehead atoms. The fraction of sp³-hybridized carbons (Fsp3) is 0.294. The van der Waals surface area contributed by atoms with E-state index in [2.05, 4.69) is 32.7 Å². The van der Waals surface area contributed by atoms with Crippen LogP contribution in [0.1, 0.15) is 12.0 Å². The molecule has 0 fully saturated rings. The van der Waals surface area contributed by atoms with Crippen LogP contribution in [-0.2, 0) is 0 Å². The quantitative estimate of drug-likeness (QED) is 0.884. The van der Waals surface area contributed by atoms with Gasteiger partial charge in [-0.2, -0.15) is 9.97 Å². The zero-order chi connectivity index (χ0) is 16.1. The van der Waals surface area contributed by atoms with Crippen molar-refractivity contribution in [3.63, 3.8) is 0 Å². The van der Waals surface area contributed by atoms with Crippen molar-refractivity contribution in [1.82, 2.24) is 15.3 Å². The van der Waals surface area contributed by atoms with E-state index in [1.165, 1.54) is 11.1 Å². The van der Waals surface area contributed by atoms with Crippen molar-refractivity contribution < 1.29 is 9.47 Å². The van der Waals surface area contributed by atoms with E-state index in [4.69, 9.17) is 9.47 Å². The standard InChI is InChI=1S/C17H20N4O2/c1-22-15-11-16(23-2)21-17(20-15)19-14-6-4-3-5-13(14)12-7-9-18-10-8-12/h3-7,11,18H,8-10H2,1-2H3,(H,19,20,21). The molecule has 1 aromatic carbocycles.